The maximum absolute atomic E-state index is 12.8. The van der Waals surface area contributed by atoms with Crippen LogP contribution < -0.4 is 5.32 Å². The van der Waals surface area contributed by atoms with Crippen LogP contribution in [-0.4, -0.2) is 47.6 Å². The SMILES string of the molecule is CC(C)C1(C(=O)O)CCN(C(=O)C2NCCCC2(C)C)C1. The molecule has 5 nitrogen and oxygen atoms in total. The summed E-state index contributed by atoms with van der Waals surface area (Å²) in [5, 5.41) is 12.9. The fourth-order valence-electron chi connectivity index (χ4n) is 3.73. The van der Waals surface area contributed by atoms with Gasteiger partial charge in [-0.15, -0.1) is 0 Å². The average molecular weight is 296 g/mol. The van der Waals surface area contributed by atoms with E-state index in [0.717, 1.165) is 19.4 Å². The molecule has 2 saturated heterocycles. The number of aliphatic carboxylic acids is 1. The maximum Gasteiger partial charge on any atom is 0.311 e. The standard InChI is InChI=1S/C16H28N2O3/c1-11(2)16(14(20)21)7-9-18(10-16)13(19)12-15(3,4)6-5-8-17-12/h11-12,17H,5-10H2,1-4H3,(H,20,21). The lowest BCUT2D eigenvalue weighted by Gasteiger charge is -2.40. The number of carboxylic acid groups (broad SMARTS) is 1. The molecule has 0 aromatic carbocycles. The highest BCUT2D eigenvalue weighted by Gasteiger charge is 2.50. The van der Waals surface area contributed by atoms with Gasteiger partial charge in [0.15, 0.2) is 0 Å². The number of hydrogen-bond acceptors (Lipinski definition) is 3. The largest absolute Gasteiger partial charge is 0.481 e. The Kier molecular flexibility index (Phi) is 4.34. The Morgan fingerprint density at radius 1 is 1.29 bits per heavy atom. The number of carboxylic acids is 1. The highest BCUT2D eigenvalue weighted by molar-refractivity contribution is 5.85. The Labute approximate surface area is 127 Å². The lowest BCUT2D eigenvalue weighted by atomic mass is 9.76. The van der Waals surface area contributed by atoms with Crippen molar-refractivity contribution in [3.05, 3.63) is 0 Å². The normalized spacial score (nSPS) is 32.4. The van der Waals surface area contributed by atoms with Gasteiger partial charge in [0.25, 0.3) is 0 Å². The molecule has 0 aliphatic carbocycles. The van der Waals surface area contributed by atoms with Gasteiger partial charge < -0.3 is 15.3 Å². The molecule has 2 aliphatic rings. The Morgan fingerprint density at radius 3 is 2.43 bits per heavy atom. The summed E-state index contributed by atoms with van der Waals surface area (Å²) < 4.78 is 0. The van der Waals surface area contributed by atoms with E-state index in [4.69, 9.17) is 0 Å². The van der Waals surface area contributed by atoms with Crippen LogP contribution in [0.15, 0.2) is 0 Å². The first kappa shape index (κ1) is 16.3. The van der Waals surface area contributed by atoms with Gasteiger partial charge in [-0.05, 0) is 37.1 Å². The van der Waals surface area contributed by atoms with Gasteiger partial charge in [-0.2, -0.15) is 0 Å². The first-order valence-electron chi connectivity index (χ1n) is 7.96. The molecular weight excluding hydrogens is 268 g/mol. The van der Waals surface area contributed by atoms with Crippen LogP contribution in [0.2, 0.25) is 0 Å². The molecule has 0 spiro atoms. The van der Waals surface area contributed by atoms with Gasteiger partial charge in [0, 0.05) is 13.1 Å². The number of carbonyl (C=O) groups is 2. The first-order chi connectivity index (χ1) is 9.70. The number of nitrogens with zero attached hydrogens (tertiary/aromatic N) is 1. The topological polar surface area (TPSA) is 69.6 Å². The van der Waals surface area contributed by atoms with Crippen LogP contribution in [0.4, 0.5) is 0 Å². The van der Waals surface area contributed by atoms with Crippen LogP contribution >= 0.6 is 0 Å². The van der Waals surface area contributed by atoms with E-state index in [1.165, 1.54) is 0 Å². The number of likely N-dealkylation sites (tertiary alicyclic amines) is 1. The molecule has 1 amide bonds. The van der Waals surface area contributed by atoms with Crippen molar-refractivity contribution in [2.75, 3.05) is 19.6 Å². The zero-order valence-corrected chi connectivity index (χ0v) is 13.6. The van der Waals surface area contributed by atoms with Crippen molar-refractivity contribution in [1.29, 1.82) is 0 Å². The molecular formula is C16H28N2O3. The van der Waals surface area contributed by atoms with Crippen molar-refractivity contribution in [3.63, 3.8) is 0 Å². The van der Waals surface area contributed by atoms with Crippen LogP contribution in [0.3, 0.4) is 0 Å². The van der Waals surface area contributed by atoms with E-state index in [1.807, 2.05) is 13.8 Å². The molecule has 0 radical (unpaired) electrons. The monoisotopic (exact) mass is 296 g/mol. The van der Waals surface area contributed by atoms with Crippen molar-refractivity contribution >= 4 is 11.9 Å². The minimum absolute atomic E-state index is 0.0279. The number of nitrogens with one attached hydrogen (secondary N) is 1. The zero-order chi connectivity index (χ0) is 15.8. The number of hydrogen-bond donors (Lipinski definition) is 2. The summed E-state index contributed by atoms with van der Waals surface area (Å²) in [6.45, 7) is 9.86. The summed E-state index contributed by atoms with van der Waals surface area (Å²) >= 11 is 0. The highest BCUT2D eigenvalue weighted by atomic mass is 16.4. The van der Waals surface area contributed by atoms with Crippen LogP contribution in [0.5, 0.6) is 0 Å². The van der Waals surface area contributed by atoms with Crippen LogP contribution in [0.1, 0.15) is 47.0 Å². The zero-order valence-electron chi connectivity index (χ0n) is 13.6. The van der Waals surface area contributed by atoms with E-state index in [9.17, 15) is 14.7 Å². The molecule has 0 aromatic rings. The summed E-state index contributed by atoms with van der Waals surface area (Å²) in [6.07, 6.45) is 2.67. The summed E-state index contributed by atoms with van der Waals surface area (Å²) in [6, 6.07) is -0.192. The molecule has 2 heterocycles. The molecule has 0 bridgehead atoms. The van der Waals surface area contributed by atoms with E-state index in [2.05, 4.69) is 19.2 Å². The Bertz CT molecular complexity index is 433. The average Bonchev–Trinajstić information content (AvgIpc) is 2.84. The number of piperidine rings is 1. The van der Waals surface area contributed by atoms with Crippen molar-refractivity contribution in [3.8, 4) is 0 Å². The van der Waals surface area contributed by atoms with E-state index >= 15 is 0 Å². The predicted octanol–water partition coefficient (Wildman–Crippen LogP) is 1.72. The van der Waals surface area contributed by atoms with Gasteiger partial charge in [-0.3, -0.25) is 9.59 Å². The maximum atomic E-state index is 12.8. The molecule has 2 fully saturated rings. The van der Waals surface area contributed by atoms with Gasteiger partial charge in [0.1, 0.15) is 0 Å². The summed E-state index contributed by atoms with van der Waals surface area (Å²) in [7, 11) is 0. The molecule has 120 valence electrons. The third-order valence-corrected chi connectivity index (χ3v) is 5.52. The van der Waals surface area contributed by atoms with E-state index in [1.54, 1.807) is 4.90 Å². The predicted molar refractivity (Wildman–Crippen MR) is 80.9 cm³/mol. The third-order valence-electron chi connectivity index (χ3n) is 5.52. The second-order valence-corrected chi connectivity index (χ2v) is 7.61. The van der Waals surface area contributed by atoms with E-state index in [-0.39, 0.29) is 23.3 Å². The summed E-state index contributed by atoms with van der Waals surface area (Å²) in [4.78, 5) is 26.3. The van der Waals surface area contributed by atoms with Crippen LogP contribution in [0.25, 0.3) is 0 Å². The molecule has 2 rings (SSSR count). The second-order valence-electron chi connectivity index (χ2n) is 7.61. The van der Waals surface area contributed by atoms with E-state index < -0.39 is 11.4 Å². The molecule has 5 heteroatoms. The van der Waals surface area contributed by atoms with Gasteiger partial charge in [0.2, 0.25) is 5.91 Å². The molecule has 2 unspecified atom stereocenters. The molecule has 2 N–H and O–H groups in total. The lowest BCUT2D eigenvalue weighted by molar-refractivity contribution is -0.151. The Balaban J connectivity index is 2.13. The molecule has 21 heavy (non-hydrogen) atoms. The lowest BCUT2D eigenvalue weighted by Crippen LogP contribution is -2.56. The Hall–Kier alpha value is -1.10. The fraction of sp³-hybridized carbons (Fsp3) is 0.875. The van der Waals surface area contributed by atoms with Crippen LogP contribution in [-0.2, 0) is 9.59 Å². The van der Waals surface area contributed by atoms with Gasteiger partial charge in [-0.25, -0.2) is 0 Å². The minimum atomic E-state index is -0.783. The summed E-state index contributed by atoms with van der Waals surface area (Å²) in [5.74, 6) is -0.674. The highest BCUT2D eigenvalue weighted by Crippen LogP contribution is 2.40. The molecule has 0 aromatic heterocycles. The fourth-order valence-corrected chi connectivity index (χ4v) is 3.73. The quantitative estimate of drug-likeness (QED) is 0.832. The molecule has 2 atom stereocenters. The molecule has 2 aliphatic heterocycles. The minimum Gasteiger partial charge on any atom is -0.481 e. The summed E-state index contributed by atoms with van der Waals surface area (Å²) in [5.41, 5.74) is -0.851. The number of rotatable bonds is 3. The van der Waals surface area contributed by atoms with Crippen molar-refractivity contribution in [1.82, 2.24) is 10.2 Å². The Morgan fingerprint density at radius 2 is 1.95 bits per heavy atom. The number of carbonyl (C=O) groups excluding carboxylic acids is 1. The number of amides is 1. The van der Waals surface area contributed by atoms with Crippen molar-refractivity contribution in [2.24, 2.45) is 16.7 Å². The van der Waals surface area contributed by atoms with Gasteiger partial charge >= 0.3 is 5.97 Å². The smallest absolute Gasteiger partial charge is 0.311 e. The first-order valence-corrected chi connectivity index (χ1v) is 7.96. The van der Waals surface area contributed by atoms with Gasteiger partial charge in [-0.1, -0.05) is 27.7 Å². The second kappa shape index (κ2) is 5.59. The van der Waals surface area contributed by atoms with Crippen molar-refractivity contribution in [2.45, 2.75) is 53.0 Å². The van der Waals surface area contributed by atoms with E-state index in [0.29, 0.717) is 19.5 Å². The molecule has 0 saturated carbocycles. The van der Waals surface area contributed by atoms with Crippen LogP contribution in [0, 0.1) is 16.7 Å². The van der Waals surface area contributed by atoms with Gasteiger partial charge in [0.05, 0.1) is 11.5 Å². The van der Waals surface area contributed by atoms with Crippen molar-refractivity contribution < 1.29 is 14.7 Å². The third kappa shape index (κ3) is 2.80.